The molecule has 1 atom stereocenters. The minimum atomic E-state index is 0.397. The van der Waals surface area contributed by atoms with Crippen molar-refractivity contribution in [1.29, 1.82) is 0 Å². The smallest absolute Gasteiger partial charge is 0.0475 e. The molecule has 1 unspecified atom stereocenters. The van der Waals surface area contributed by atoms with Gasteiger partial charge in [0.15, 0.2) is 0 Å². The highest BCUT2D eigenvalue weighted by Gasteiger charge is 2.17. The van der Waals surface area contributed by atoms with Gasteiger partial charge in [-0.15, -0.1) is 22.7 Å². The summed E-state index contributed by atoms with van der Waals surface area (Å²) in [6, 6.07) is 4.65. The summed E-state index contributed by atoms with van der Waals surface area (Å²) in [5.74, 6) is 0. The Kier molecular flexibility index (Phi) is 5.89. The largest absolute Gasteiger partial charge is 0.309 e. The maximum absolute atomic E-state index is 3.64. The lowest BCUT2D eigenvalue weighted by Crippen LogP contribution is -2.23. The van der Waals surface area contributed by atoms with E-state index in [-0.39, 0.29) is 0 Å². The molecule has 0 fully saturated rings. The van der Waals surface area contributed by atoms with Gasteiger partial charge in [0.05, 0.1) is 0 Å². The van der Waals surface area contributed by atoms with E-state index in [1.807, 2.05) is 22.7 Å². The van der Waals surface area contributed by atoms with E-state index < -0.39 is 0 Å². The van der Waals surface area contributed by atoms with E-state index in [0.29, 0.717) is 6.04 Å². The van der Waals surface area contributed by atoms with Gasteiger partial charge in [0.25, 0.3) is 0 Å². The zero-order chi connectivity index (χ0) is 13.0. The lowest BCUT2D eigenvalue weighted by atomic mass is 10.1. The average Bonchev–Trinajstić information content (AvgIpc) is 2.94. The summed E-state index contributed by atoms with van der Waals surface area (Å²) in [5.41, 5.74) is 0. The van der Waals surface area contributed by atoms with Crippen molar-refractivity contribution in [3.05, 3.63) is 41.6 Å². The van der Waals surface area contributed by atoms with Gasteiger partial charge >= 0.3 is 0 Å². The second-order valence-corrected chi connectivity index (χ2v) is 7.69. The van der Waals surface area contributed by atoms with Crippen molar-refractivity contribution in [3.63, 3.8) is 0 Å². The second-order valence-electron chi connectivity index (χ2n) is 4.04. The van der Waals surface area contributed by atoms with Gasteiger partial charge in [0, 0.05) is 31.2 Å². The van der Waals surface area contributed by atoms with E-state index in [0.717, 1.165) is 19.4 Å². The SMILES string of the molecule is CCCNC(Cc1sccc1Br)c1sccc1Br. The lowest BCUT2D eigenvalue weighted by molar-refractivity contribution is 0.537. The summed E-state index contributed by atoms with van der Waals surface area (Å²) in [4.78, 5) is 2.80. The lowest BCUT2D eigenvalue weighted by Gasteiger charge is -2.17. The summed E-state index contributed by atoms with van der Waals surface area (Å²) >= 11 is 10.9. The van der Waals surface area contributed by atoms with Crippen LogP contribution in [0.3, 0.4) is 0 Å². The highest BCUT2D eigenvalue weighted by Crippen LogP contribution is 2.34. The van der Waals surface area contributed by atoms with Crippen LogP contribution in [0.1, 0.15) is 29.1 Å². The molecule has 5 heteroatoms. The zero-order valence-corrected chi connectivity index (χ0v) is 14.9. The van der Waals surface area contributed by atoms with Gasteiger partial charge in [0.2, 0.25) is 0 Å². The number of halogens is 2. The van der Waals surface area contributed by atoms with Gasteiger partial charge in [-0.05, 0) is 67.7 Å². The van der Waals surface area contributed by atoms with Crippen molar-refractivity contribution in [2.24, 2.45) is 0 Å². The first-order valence-electron chi connectivity index (χ1n) is 5.90. The maximum Gasteiger partial charge on any atom is 0.0475 e. The molecule has 0 radical (unpaired) electrons. The van der Waals surface area contributed by atoms with Crippen molar-refractivity contribution in [2.75, 3.05) is 6.54 Å². The van der Waals surface area contributed by atoms with Crippen LogP contribution < -0.4 is 5.32 Å². The normalized spacial score (nSPS) is 12.8. The van der Waals surface area contributed by atoms with Crippen LogP contribution in [0.4, 0.5) is 0 Å². The third-order valence-electron chi connectivity index (χ3n) is 2.68. The van der Waals surface area contributed by atoms with Crippen molar-refractivity contribution in [3.8, 4) is 0 Å². The monoisotopic (exact) mass is 407 g/mol. The van der Waals surface area contributed by atoms with Crippen LogP contribution in [0.2, 0.25) is 0 Å². The Labute approximate surface area is 133 Å². The van der Waals surface area contributed by atoms with Gasteiger partial charge in [-0.2, -0.15) is 0 Å². The Morgan fingerprint density at radius 3 is 2.44 bits per heavy atom. The van der Waals surface area contributed by atoms with Crippen LogP contribution >= 0.6 is 54.5 Å². The Balaban J connectivity index is 2.15. The third kappa shape index (κ3) is 3.67. The van der Waals surface area contributed by atoms with Crippen molar-refractivity contribution in [1.82, 2.24) is 5.32 Å². The van der Waals surface area contributed by atoms with Crippen LogP contribution in [0.15, 0.2) is 31.8 Å². The van der Waals surface area contributed by atoms with Crippen LogP contribution in [-0.2, 0) is 6.42 Å². The molecular weight excluding hydrogens is 394 g/mol. The van der Waals surface area contributed by atoms with Crippen LogP contribution in [-0.4, -0.2) is 6.54 Å². The molecule has 0 saturated heterocycles. The molecule has 0 bridgehead atoms. The van der Waals surface area contributed by atoms with Crippen LogP contribution in [0.5, 0.6) is 0 Å². The third-order valence-corrected chi connectivity index (χ3v) is 6.62. The van der Waals surface area contributed by atoms with E-state index in [4.69, 9.17) is 0 Å². The molecule has 0 spiro atoms. The van der Waals surface area contributed by atoms with E-state index in [2.05, 4.69) is 67.0 Å². The Morgan fingerprint density at radius 2 is 1.89 bits per heavy atom. The van der Waals surface area contributed by atoms with Gasteiger partial charge in [0.1, 0.15) is 0 Å². The average molecular weight is 409 g/mol. The molecule has 1 N–H and O–H groups in total. The first kappa shape index (κ1) is 14.7. The van der Waals surface area contributed by atoms with E-state index >= 15 is 0 Å². The van der Waals surface area contributed by atoms with Gasteiger partial charge < -0.3 is 5.32 Å². The van der Waals surface area contributed by atoms with Gasteiger partial charge in [-0.25, -0.2) is 0 Å². The van der Waals surface area contributed by atoms with E-state index in [1.165, 1.54) is 18.7 Å². The minimum Gasteiger partial charge on any atom is -0.309 e. The predicted molar refractivity (Wildman–Crippen MR) is 88.8 cm³/mol. The molecule has 98 valence electrons. The fourth-order valence-electron chi connectivity index (χ4n) is 1.79. The Hall–Kier alpha value is 0.320. The molecule has 2 aromatic rings. The fraction of sp³-hybridized carbons (Fsp3) is 0.385. The first-order chi connectivity index (χ1) is 8.72. The van der Waals surface area contributed by atoms with Crippen molar-refractivity contribution in [2.45, 2.75) is 25.8 Å². The number of hydrogen-bond donors (Lipinski definition) is 1. The number of thiophene rings is 2. The summed E-state index contributed by atoms with van der Waals surface area (Å²) in [6.45, 7) is 3.26. The molecule has 0 saturated carbocycles. The van der Waals surface area contributed by atoms with Crippen molar-refractivity contribution >= 4 is 54.5 Å². The highest BCUT2D eigenvalue weighted by molar-refractivity contribution is 9.10. The van der Waals surface area contributed by atoms with Crippen LogP contribution in [0, 0.1) is 0 Å². The molecular formula is C13H15Br2NS2. The van der Waals surface area contributed by atoms with Gasteiger partial charge in [-0.1, -0.05) is 6.92 Å². The van der Waals surface area contributed by atoms with Crippen molar-refractivity contribution < 1.29 is 0 Å². The molecule has 0 aliphatic carbocycles. The first-order valence-corrected chi connectivity index (χ1v) is 9.25. The zero-order valence-electron chi connectivity index (χ0n) is 10.1. The molecule has 0 amide bonds. The van der Waals surface area contributed by atoms with E-state index in [9.17, 15) is 0 Å². The molecule has 2 rings (SSSR count). The summed E-state index contributed by atoms with van der Waals surface area (Å²) in [7, 11) is 0. The predicted octanol–water partition coefficient (Wildman–Crippen LogP) is 5.62. The Bertz CT molecular complexity index is 493. The molecule has 2 aromatic heterocycles. The van der Waals surface area contributed by atoms with E-state index in [1.54, 1.807) is 0 Å². The quantitative estimate of drug-likeness (QED) is 0.654. The second kappa shape index (κ2) is 7.20. The fourth-order valence-corrected chi connectivity index (χ4v) is 5.07. The minimum absolute atomic E-state index is 0.397. The number of hydrogen-bond acceptors (Lipinski definition) is 3. The highest BCUT2D eigenvalue weighted by atomic mass is 79.9. The molecule has 0 aliphatic rings. The topological polar surface area (TPSA) is 12.0 Å². The number of nitrogens with one attached hydrogen (secondary N) is 1. The molecule has 2 heterocycles. The summed E-state index contributed by atoms with van der Waals surface area (Å²) in [5, 5.41) is 7.93. The standard InChI is InChI=1S/C13H15Br2NS2/c1-2-5-16-11(13-10(15)4-7-18-13)8-12-9(14)3-6-17-12/h3-4,6-7,11,16H,2,5,8H2,1H3. The van der Waals surface area contributed by atoms with Crippen LogP contribution in [0.25, 0.3) is 0 Å². The summed E-state index contributed by atoms with van der Waals surface area (Å²) < 4.78 is 2.44. The van der Waals surface area contributed by atoms with Gasteiger partial charge in [-0.3, -0.25) is 0 Å². The molecule has 18 heavy (non-hydrogen) atoms. The summed E-state index contributed by atoms with van der Waals surface area (Å²) in [6.07, 6.45) is 2.20. The Morgan fingerprint density at radius 1 is 1.17 bits per heavy atom. The maximum atomic E-state index is 3.64. The molecule has 1 nitrogen and oxygen atoms in total. The molecule has 0 aromatic carbocycles. The molecule has 0 aliphatic heterocycles. The number of rotatable bonds is 6.